The summed E-state index contributed by atoms with van der Waals surface area (Å²) in [5.74, 6) is -2.06. The highest BCUT2D eigenvalue weighted by Crippen LogP contribution is 2.50. The molecule has 3 aliphatic carbocycles. The van der Waals surface area contributed by atoms with E-state index in [0.717, 1.165) is 31.9 Å². The number of aliphatic carboxylic acids is 1. The predicted molar refractivity (Wildman–Crippen MR) is 118 cm³/mol. The van der Waals surface area contributed by atoms with Crippen molar-refractivity contribution < 1.29 is 18.7 Å². The summed E-state index contributed by atoms with van der Waals surface area (Å²) < 4.78 is 29.7. The number of pyridine rings is 1. The number of aromatic nitrogens is 6. The Hall–Kier alpha value is -3.69. The van der Waals surface area contributed by atoms with Crippen molar-refractivity contribution in [3.63, 3.8) is 0 Å². The van der Waals surface area contributed by atoms with Crippen molar-refractivity contribution in [1.29, 1.82) is 0 Å². The Morgan fingerprint density at radius 1 is 1.15 bits per heavy atom. The Bertz CT molecular complexity index is 1380. The van der Waals surface area contributed by atoms with E-state index in [1.54, 1.807) is 12.3 Å². The van der Waals surface area contributed by atoms with Crippen molar-refractivity contribution in [2.24, 2.45) is 23.7 Å². The zero-order valence-corrected chi connectivity index (χ0v) is 18.1. The molecule has 3 N–H and O–H groups in total. The molecule has 34 heavy (non-hydrogen) atoms. The van der Waals surface area contributed by atoms with Crippen LogP contribution in [0.1, 0.15) is 31.4 Å². The van der Waals surface area contributed by atoms with Crippen molar-refractivity contribution in [2.75, 3.05) is 0 Å². The van der Waals surface area contributed by atoms with Gasteiger partial charge in [-0.3, -0.25) is 9.89 Å². The lowest BCUT2D eigenvalue weighted by Gasteiger charge is -2.46. The van der Waals surface area contributed by atoms with E-state index in [2.05, 4.69) is 30.1 Å². The molecule has 7 rings (SSSR count). The summed E-state index contributed by atoms with van der Waals surface area (Å²) in [7, 11) is 0. The molecule has 2 atom stereocenters. The second kappa shape index (κ2) is 7.96. The molecule has 0 aliphatic heterocycles. The minimum Gasteiger partial charge on any atom is -0.481 e. The number of carboxylic acid groups (broad SMARTS) is 1. The number of fused-ring (bicyclic) bond motifs is 4. The summed E-state index contributed by atoms with van der Waals surface area (Å²) in [5.41, 5.74) is 1.54. The number of carbonyl (C=O) groups is 1. The zero-order chi connectivity index (χ0) is 23.4. The third kappa shape index (κ3) is 3.36. The van der Waals surface area contributed by atoms with Crippen LogP contribution < -0.4 is 0 Å². The van der Waals surface area contributed by atoms with Crippen LogP contribution in [-0.2, 0) is 11.2 Å². The first kappa shape index (κ1) is 20.9. The largest absolute Gasteiger partial charge is 0.481 e. The van der Waals surface area contributed by atoms with Crippen LogP contribution in [0.4, 0.5) is 8.78 Å². The lowest BCUT2D eigenvalue weighted by atomic mass is 9.57. The SMILES string of the molecule is O=C(O)[C@H]1C2CCC(CC2)[C@@H]1Cc1nc(-c2c[nH]c3ncc(F)cc23)nc(-c2ccn[nH]2)c1F. The van der Waals surface area contributed by atoms with E-state index < -0.39 is 23.5 Å². The number of hydrogen-bond acceptors (Lipinski definition) is 5. The van der Waals surface area contributed by atoms with Gasteiger partial charge in [0.25, 0.3) is 0 Å². The molecule has 0 spiro atoms. The number of halogens is 2. The highest BCUT2D eigenvalue weighted by molar-refractivity contribution is 5.91. The Labute approximate surface area is 192 Å². The summed E-state index contributed by atoms with van der Waals surface area (Å²) in [6.45, 7) is 0. The van der Waals surface area contributed by atoms with Crippen LogP contribution in [0, 0.1) is 35.3 Å². The molecule has 3 saturated carbocycles. The van der Waals surface area contributed by atoms with E-state index in [-0.39, 0.29) is 41.4 Å². The Morgan fingerprint density at radius 2 is 1.94 bits per heavy atom. The fourth-order valence-electron chi connectivity index (χ4n) is 5.96. The number of carboxylic acids is 1. The first-order valence-corrected chi connectivity index (χ1v) is 11.4. The summed E-state index contributed by atoms with van der Waals surface area (Å²) in [5, 5.41) is 17.1. The number of nitrogens with zero attached hydrogens (tertiary/aromatic N) is 4. The second-order valence-electron chi connectivity index (χ2n) is 9.29. The van der Waals surface area contributed by atoms with Gasteiger partial charge in [0.2, 0.25) is 0 Å². The summed E-state index contributed by atoms with van der Waals surface area (Å²) >= 11 is 0. The van der Waals surface area contributed by atoms with Crippen molar-refractivity contribution in [3.8, 4) is 22.8 Å². The average Bonchev–Trinajstić information content (AvgIpc) is 3.51. The standard InChI is InChI=1S/C24H22F2N6O2/c25-13-7-15-16(10-28-22(15)27-9-13)23-30-18(20(26)21(31-23)17-5-6-29-32-17)8-14-11-1-3-12(4-2-11)19(14)24(33)34/h5-7,9-12,14,19H,1-4,8H2,(H,27,28)(H,29,32)(H,33,34)/t11?,12?,14-,19-/m0/s1. The molecule has 8 nitrogen and oxygen atoms in total. The molecule has 0 radical (unpaired) electrons. The van der Waals surface area contributed by atoms with Crippen molar-refractivity contribution in [3.05, 3.63) is 48.1 Å². The molecule has 0 saturated heterocycles. The molecule has 4 heterocycles. The average molecular weight is 464 g/mol. The Kier molecular flexibility index (Phi) is 4.89. The van der Waals surface area contributed by atoms with Gasteiger partial charge in [-0.25, -0.2) is 23.7 Å². The fourth-order valence-corrected chi connectivity index (χ4v) is 5.96. The van der Waals surface area contributed by atoms with Gasteiger partial charge >= 0.3 is 5.97 Å². The topological polar surface area (TPSA) is 120 Å². The minimum atomic E-state index is -0.818. The van der Waals surface area contributed by atoms with E-state index in [1.165, 1.54) is 12.3 Å². The predicted octanol–water partition coefficient (Wildman–Crippen LogP) is 4.37. The molecule has 3 fully saturated rings. The van der Waals surface area contributed by atoms with E-state index in [1.807, 2.05) is 0 Å². The number of nitrogens with one attached hydrogen (secondary N) is 2. The summed E-state index contributed by atoms with van der Waals surface area (Å²) in [4.78, 5) is 28.2. The molecular formula is C24H22F2N6O2. The maximum absolute atomic E-state index is 15.8. The van der Waals surface area contributed by atoms with Gasteiger partial charge in [-0.05, 0) is 62.0 Å². The molecule has 0 unspecified atom stereocenters. The molecule has 0 aromatic carbocycles. The Balaban J connectivity index is 1.49. The molecule has 174 valence electrons. The fraction of sp³-hybridized carbons (Fsp3) is 0.375. The van der Waals surface area contributed by atoms with Gasteiger partial charge in [0.05, 0.1) is 23.5 Å². The van der Waals surface area contributed by atoms with E-state index in [9.17, 15) is 14.3 Å². The molecular weight excluding hydrogens is 442 g/mol. The van der Waals surface area contributed by atoms with Crippen LogP contribution in [0.3, 0.4) is 0 Å². The van der Waals surface area contributed by atoms with Gasteiger partial charge < -0.3 is 10.1 Å². The number of aromatic amines is 2. The lowest BCUT2D eigenvalue weighted by molar-refractivity contribution is -0.152. The minimum absolute atomic E-state index is 0.0454. The van der Waals surface area contributed by atoms with Gasteiger partial charge in [-0.1, -0.05) is 0 Å². The number of H-pyrrole nitrogens is 2. The van der Waals surface area contributed by atoms with Crippen LogP contribution in [0.25, 0.3) is 33.8 Å². The van der Waals surface area contributed by atoms with E-state index in [0.29, 0.717) is 22.3 Å². The van der Waals surface area contributed by atoms with Crippen molar-refractivity contribution in [2.45, 2.75) is 32.1 Å². The van der Waals surface area contributed by atoms with Crippen LogP contribution in [0.5, 0.6) is 0 Å². The van der Waals surface area contributed by atoms with Gasteiger partial charge in [-0.15, -0.1) is 0 Å². The summed E-state index contributed by atoms with van der Waals surface area (Å²) in [6.07, 6.45) is 8.16. The van der Waals surface area contributed by atoms with E-state index in [4.69, 9.17) is 0 Å². The molecule has 4 aromatic heterocycles. The molecule has 10 heteroatoms. The third-order valence-corrected chi connectivity index (χ3v) is 7.52. The first-order valence-electron chi connectivity index (χ1n) is 11.4. The van der Waals surface area contributed by atoms with Gasteiger partial charge in [0.1, 0.15) is 17.2 Å². The van der Waals surface area contributed by atoms with Crippen LogP contribution in [-0.4, -0.2) is 41.2 Å². The normalized spacial score (nSPS) is 24.1. The maximum atomic E-state index is 15.8. The smallest absolute Gasteiger partial charge is 0.307 e. The van der Waals surface area contributed by atoms with Gasteiger partial charge in [0, 0.05) is 23.3 Å². The maximum Gasteiger partial charge on any atom is 0.307 e. The van der Waals surface area contributed by atoms with Crippen LogP contribution in [0.2, 0.25) is 0 Å². The second-order valence-corrected chi connectivity index (χ2v) is 9.29. The quantitative estimate of drug-likeness (QED) is 0.403. The van der Waals surface area contributed by atoms with Gasteiger partial charge in [-0.2, -0.15) is 5.10 Å². The van der Waals surface area contributed by atoms with E-state index >= 15 is 4.39 Å². The third-order valence-electron chi connectivity index (χ3n) is 7.52. The molecule has 0 amide bonds. The highest BCUT2D eigenvalue weighted by Gasteiger charge is 2.47. The number of hydrogen-bond donors (Lipinski definition) is 3. The zero-order valence-electron chi connectivity index (χ0n) is 18.1. The van der Waals surface area contributed by atoms with Crippen LogP contribution >= 0.6 is 0 Å². The lowest BCUT2D eigenvalue weighted by Crippen LogP contribution is -2.45. The van der Waals surface area contributed by atoms with Crippen LogP contribution in [0.15, 0.2) is 30.7 Å². The monoisotopic (exact) mass is 464 g/mol. The van der Waals surface area contributed by atoms with Crippen molar-refractivity contribution >= 4 is 17.0 Å². The first-order chi connectivity index (χ1) is 16.5. The van der Waals surface area contributed by atoms with Gasteiger partial charge in [0.15, 0.2) is 11.6 Å². The summed E-state index contributed by atoms with van der Waals surface area (Å²) in [6, 6.07) is 2.94. The highest BCUT2D eigenvalue weighted by atomic mass is 19.1. The molecule has 4 aromatic rings. The molecule has 3 aliphatic rings. The molecule has 2 bridgehead atoms. The van der Waals surface area contributed by atoms with Crippen molar-refractivity contribution in [1.82, 2.24) is 30.1 Å². The number of rotatable bonds is 5. The Morgan fingerprint density at radius 3 is 2.68 bits per heavy atom.